The van der Waals surface area contributed by atoms with Crippen molar-refractivity contribution in [3.63, 3.8) is 0 Å². The fourth-order valence-electron chi connectivity index (χ4n) is 1.70. The summed E-state index contributed by atoms with van der Waals surface area (Å²) >= 11 is 0. The molecule has 7 nitrogen and oxygen atoms in total. The van der Waals surface area contributed by atoms with Crippen LogP contribution in [-0.4, -0.2) is 43.5 Å². The van der Waals surface area contributed by atoms with Crippen LogP contribution in [0.4, 0.5) is 0 Å². The zero-order chi connectivity index (χ0) is 14.7. The van der Waals surface area contributed by atoms with Gasteiger partial charge in [-0.1, -0.05) is 0 Å². The molecule has 0 bridgehead atoms. The van der Waals surface area contributed by atoms with Gasteiger partial charge in [-0.2, -0.15) is 0 Å². The number of aromatic carboxylic acids is 1. The lowest BCUT2D eigenvalue weighted by Gasteiger charge is -2.16. The van der Waals surface area contributed by atoms with Crippen molar-refractivity contribution in [2.24, 2.45) is 7.05 Å². The Morgan fingerprint density at radius 1 is 1.35 bits per heavy atom. The van der Waals surface area contributed by atoms with E-state index < -0.39 is 5.97 Å². The second-order valence-corrected chi connectivity index (χ2v) is 4.35. The maximum Gasteiger partial charge on any atom is 0.354 e. The van der Waals surface area contributed by atoms with Crippen LogP contribution in [0.3, 0.4) is 0 Å². The molecule has 2 rings (SSSR count). The summed E-state index contributed by atoms with van der Waals surface area (Å²) in [4.78, 5) is 32.2. The summed E-state index contributed by atoms with van der Waals surface area (Å²) in [6.07, 6.45) is 4.73. The van der Waals surface area contributed by atoms with Gasteiger partial charge in [-0.25, -0.2) is 14.8 Å². The highest BCUT2D eigenvalue weighted by Gasteiger charge is 2.15. The molecule has 0 radical (unpaired) electrons. The molecule has 20 heavy (non-hydrogen) atoms. The Bertz CT molecular complexity index is 633. The van der Waals surface area contributed by atoms with E-state index in [4.69, 9.17) is 5.11 Å². The zero-order valence-corrected chi connectivity index (χ0v) is 11.1. The summed E-state index contributed by atoms with van der Waals surface area (Å²) in [5.41, 5.74) is 0.250. The van der Waals surface area contributed by atoms with E-state index in [9.17, 15) is 9.59 Å². The van der Waals surface area contributed by atoms with Gasteiger partial charge in [0.25, 0.3) is 5.91 Å². The van der Waals surface area contributed by atoms with Gasteiger partial charge in [0, 0.05) is 32.7 Å². The molecule has 0 fully saturated rings. The van der Waals surface area contributed by atoms with Gasteiger partial charge >= 0.3 is 5.97 Å². The number of hydrogen-bond donors (Lipinski definition) is 1. The highest BCUT2D eigenvalue weighted by Crippen LogP contribution is 2.07. The highest BCUT2D eigenvalue weighted by atomic mass is 16.4. The fraction of sp³-hybridized carbons (Fsp3) is 0.231. The number of nitrogens with zero attached hydrogens (tertiary/aromatic N) is 4. The van der Waals surface area contributed by atoms with E-state index in [0.29, 0.717) is 12.1 Å². The Hall–Kier alpha value is -2.70. The summed E-state index contributed by atoms with van der Waals surface area (Å²) in [5, 5.41) is 8.76. The molecule has 0 aliphatic heterocycles. The van der Waals surface area contributed by atoms with Crippen molar-refractivity contribution in [1.82, 2.24) is 19.4 Å². The van der Waals surface area contributed by atoms with Gasteiger partial charge in [-0.05, 0) is 12.1 Å². The molecule has 0 aromatic carbocycles. The van der Waals surface area contributed by atoms with Gasteiger partial charge in [-0.3, -0.25) is 4.79 Å². The normalized spacial score (nSPS) is 10.3. The lowest BCUT2D eigenvalue weighted by Crippen LogP contribution is -2.27. The van der Waals surface area contributed by atoms with E-state index in [1.165, 1.54) is 23.2 Å². The monoisotopic (exact) mass is 274 g/mol. The zero-order valence-electron chi connectivity index (χ0n) is 11.1. The van der Waals surface area contributed by atoms with E-state index >= 15 is 0 Å². The minimum Gasteiger partial charge on any atom is -0.477 e. The third-order valence-electron chi connectivity index (χ3n) is 2.88. The predicted octanol–water partition coefficient (Wildman–Crippen LogP) is 0.786. The van der Waals surface area contributed by atoms with Crippen LogP contribution >= 0.6 is 0 Å². The second-order valence-electron chi connectivity index (χ2n) is 4.35. The number of amides is 1. The number of hydrogen-bond acceptors (Lipinski definition) is 4. The number of carboxylic acid groups (broad SMARTS) is 1. The Morgan fingerprint density at radius 2 is 2.10 bits per heavy atom. The molecular weight excluding hydrogens is 260 g/mol. The van der Waals surface area contributed by atoms with Gasteiger partial charge in [-0.15, -0.1) is 0 Å². The standard InChI is InChI=1S/C13H14N4O3/c1-16-6-5-14-11(16)8-17(2)12(18)9-3-4-10(13(19)20)15-7-9/h3-7H,8H2,1-2H3,(H,19,20). The number of carbonyl (C=O) groups is 2. The molecule has 0 atom stereocenters. The lowest BCUT2D eigenvalue weighted by molar-refractivity contribution is 0.0688. The molecule has 2 heterocycles. The first-order valence-electron chi connectivity index (χ1n) is 5.90. The molecule has 0 aliphatic rings. The topological polar surface area (TPSA) is 88.3 Å². The van der Waals surface area contributed by atoms with Gasteiger partial charge in [0.2, 0.25) is 0 Å². The number of aromatic nitrogens is 3. The first kappa shape index (κ1) is 13.7. The first-order valence-corrected chi connectivity index (χ1v) is 5.90. The van der Waals surface area contributed by atoms with Crippen LogP contribution in [0.1, 0.15) is 26.7 Å². The van der Waals surface area contributed by atoms with Crippen LogP contribution in [0.25, 0.3) is 0 Å². The molecule has 104 valence electrons. The van der Waals surface area contributed by atoms with Gasteiger partial charge in [0.15, 0.2) is 0 Å². The van der Waals surface area contributed by atoms with E-state index in [0.717, 1.165) is 5.82 Å². The van der Waals surface area contributed by atoms with Crippen molar-refractivity contribution in [1.29, 1.82) is 0 Å². The molecule has 0 spiro atoms. The van der Waals surface area contributed by atoms with E-state index in [1.54, 1.807) is 19.4 Å². The molecule has 0 aliphatic carbocycles. The van der Waals surface area contributed by atoms with Crippen molar-refractivity contribution in [2.45, 2.75) is 6.54 Å². The largest absolute Gasteiger partial charge is 0.477 e. The molecule has 7 heteroatoms. The summed E-state index contributed by atoms with van der Waals surface area (Å²) in [6, 6.07) is 2.76. The van der Waals surface area contributed by atoms with Crippen molar-refractivity contribution in [3.8, 4) is 0 Å². The molecule has 0 saturated carbocycles. The molecule has 1 amide bonds. The second kappa shape index (κ2) is 5.52. The number of rotatable bonds is 4. The number of carboxylic acids is 1. The molecule has 0 saturated heterocycles. The number of pyridine rings is 1. The Morgan fingerprint density at radius 3 is 2.60 bits per heavy atom. The average molecular weight is 274 g/mol. The third-order valence-corrected chi connectivity index (χ3v) is 2.88. The van der Waals surface area contributed by atoms with Crippen LogP contribution in [0.15, 0.2) is 30.7 Å². The molecule has 0 unspecified atom stereocenters. The van der Waals surface area contributed by atoms with Crippen molar-refractivity contribution >= 4 is 11.9 Å². The van der Waals surface area contributed by atoms with Crippen molar-refractivity contribution in [2.75, 3.05) is 7.05 Å². The Balaban J connectivity index is 2.10. The van der Waals surface area contributed by atoms with Crippen LogP contribution < -0.4 is 0 Å². The lowest BCUT2D eigenvalue weighted by atomic mass is 10.2. The van der Waals surface area contributed by atoms with Crippen molar-refractivity contribution < 1.29 is 14.7 Å². The van der Waals surface area contributed by atoms with Crippen LogP contribution in [0.2, 0.25) is 0 Å². The number of imidazole rings is 1. The number of carbonyl (C=O) groups excluding carboxylic acids is 1. The highest BCUT2D eigenvalue weighted by molar-refractivity contribution is 5.94. The summed E-state index contributed by atoms with van der Waals surface area (Å²) < 4.78 is 1.83. The van der Waals surface area contributed by atoms with E-state index in [2.05, 4.69) is 9.97 Å². The van der Waals surface area contributed by atoms with Crippen LogP contribution in [0.5, 0.6) is 0 Å². The SMILES string of the molecule is CN(Cc1nccn1C)C(=O)c1ccc(C(=O)O)nc1. The minimum atomic E-state index is -1.12. The molecule has 2 aromatic heterocycles. The maximum absolute atomic E-state index is 12.2. The van der Waals surface area contributed by atoms with Crippen LogP contribution in [0, 0.1) is 0 Å². The molecule has 1 N–H and O–H groups in total. The number of aryl methyl sites for hydroxylation is 1. The van der Waals surface area contributed by atoms with Gasteiger partial charge < -0.3 is 14.6 Å². The van der Waals surface area contributed by atoms with E-state index in [1.807, 2.05) is 11.6 Å². The third kappa shape index (κ3) is 2.82. The molecule has 2 aromatic rings. The maximum atomic E-state index is 12.2. The quantitative estimate of drug-likeness (QED) is 0.890. The van der Waals surface area contributed by atoms with Gasteiger partial charge in [0.05, 0.1) is 12.1 Å². The predicted molar refractivity (Wildman–Crippen MR) is 70.2 cm³/mol. The molecular formula is C13H14N4O3. The van der Waals surface area contributed by atoms with Gasteiger partial charge in [0.1, 0.15) is 11.5 Å². The average Bonchev–Trinajstić information content (AvgIpc) is 2.83. The Kier molecular flexibility index (Phi) is 3.79. The smallest absolute Gasteiger partial charge is 0.354 e. The van der Waals surface area contributed by atoms with E-state index in [-0.39, 0.29) is 11.6 Å². The first-order chi connectivity index (χ1) is 9.49. The summed E-state index contributed by atoms with van der Waals surface area (Å²) in [6.45, 7) is 0.364. The Labute approximate surface area is 115 Å². The van der Waals surface area contributed by atoms with Crippen LogP contribution in [-0.2, 0) is 13.6 Å². The van der Waals surface area contributed by atoms with Crippen molar-refractivity contribution in [3.05, 3.63) is 47.8 Å². The summed E-state index contributed by atoms with van der Waals surface area (Å²) in [5.74, 6) is -0.598. The summed E-state index contributed by atoms with van der Waals surface area (Å²) in [7, 11) is 3.51. The fourth-order valence-corrected chi connectivity index (χ4v) is 1.70. The minimum absolute atomic E-state index is 0.0895.